The largest absolute Gasteiger partial charge is 0.351 e. The van der Waals surface area contributed by atoms with Gasteiger partial charge in [0.1, 0.15) is 18.2 Å². The zero-order valence-electron chi connectivity index (χ0n) is 10.9. The van der Waals surface area contributed by atoms with E-state index >= 15 is 0 Å². The molecule has 0 radical (unpaired) electrons. The van der Waals surface area contributed by atoms with Crippen molar-refractivity contribution in [3.8, 4) is 5.82 Å². The first kappa shape index (κ1) is 12.7. The summed E-state index contributed by atoms with van der Waals surface area (Å²) < 4.78 is 1.82. The molecular formula is C13H13N5OS. The molecule has 0 aromatic carbocycles. The van der Waals surface area contributed by atoms with Gasteiger partial charge in [-0.3, -0.25) is 14.3 Å². The van der Waals surface area contributed by atoms with Gasteiger partial charge in [-0.15, -0.1) is 0 Å². The van der Waals surface area contributed by atoms with E-state index in [2.05, 4.69) is 15.3 Å². The van der Waals surface area contributed by atoms with E-state index in [1.807, 2.05) is 22.9 Å². The number of nitrogens with zero attached hydrogens (tertiary/aromatic N) is 4. The van der Waals surface area contributed by atoms with E-state index in [0.29, 0.717) is 11.7 Å². The molecule has 0 spiro atoms. The highest BCUT2D eigenvalue weighted by Gasteiger charge is 2.31. The zero-order valence-corrected chi connectivity index (χ0v) is 11.7. The van der Waals surface area contributed by atoms with E-state index in [4.69, 9.17) is 12.2 Å². The number of imidazole rings is 1. The molecule has 102 valence electrons. The average molecular weight is 287 g/mol. The Labute approximate surface area is 121 Å². The van der Waals surface area contributed by atoms with Crippen LogP contribution in [0.5, 0.6) is 0 Å². The van der Waals surface area contributed by atoms with Crippen LogP contribution in [0.15, 0.2) is 37.1 Å². The number of thiocarbonyl (C=S) groups is 1. The van der Waals surface area contributed by atoms with Crippen molar-refractivity contribution in [2.24, 2.45) is 0 Å². The third-order valence-electron chi connectivity index (χ3n) is 3.14. The smallest absolute Gasteiger partial charge is 0.251 e. The predicted octanol–water partition coefficient (Wildman–Crippen LogP) is 0.873. The van der Waals surface area contributed by atoms with Gasteiger partial charge in [0.2, 0.25) is 0 Å². The summed E-state index contributed by atoms with van der Waals surface area (Å²) in [6.45, 7) is 2.24. The molecule has 1 unspecified atom stereocenters. The Kier molecular flexibility index (Phi) is 3.19. The van der Waals surface area contributed by atoms with Crippen LogP contribution in [0.4, 0.5) is 0 Å². The normalized spacial score (nSPS) is 18.4. The van der Waals surface area contributed by atoms with Gasteiger partial charge < -0.3 is 5.32 Å². The molecule has 0 bridgehead atoms. The summed E-state index contributed by atoms with van der Waals surface area (Å²) in [5, 5.41) is 3.42. The van der Waals surface area contributed by atoms with Gasteiger partial charge in [0.25, 0.3) is 5.91 Å². The van der Waals surface area contributed by atoms with Crippen molar-refractivity contribution >= 4 is 23.2 Å². The lowest BCUT2D eigenvalue weighted by atomic mass is 10.2. The molecule has 20 heavy (non-hydrogen) atoms. The molecule has 6 nitrogen and oxygen atoms in total. The first-order chi connectivity index (χ1) is 9.65. The van der Waals surface area contributed by atoms with E-state index in [1.165, 1.54) is 0 Å². The maximum absolute atomic E-state index is 11.9. The van der Waals surface area contributed by atoms with Crippen molar-refractivity contribution in [3.05, 3.63) is 42.6 Å². The highest BCUT2D eigenvalue weighted by Crippen LogP contribution is 2.12. The fraction of sp³-hybridized carbons (Fsp3) is 0.231. The summed E-state index contributed by atoms with van der Waals surface area (Å²) in [6.07, 6.45) is 6.96. The molecular weight excluding hydrogens is 274 g/mol. The molecule has 1 amide bonds. The van der Waals surface area contributed by atoms with Gasteiger partial charge in [0, 0.05) is 18.6 Å². The minimum Gasteiger partial charge on any atom is -0.351 e. The molecule has 1 aliphatic rings. The van der Waals surface area contributed by atoms with E-state index in [9.17, 15) is 4.79 Å². The molecule has 2 aromatic rings. The fourth-order valence-corrected chi connectivity index (χ4v) is 2.38. The Morgan fingerprint density at radius 2 is 2.30 bits per heavy atom. The van der Waals surface area contributed by atoms with Crippen LogP contribution in [0.3, 0.4) is 0 Å². The summed E-state index contributed by atoms with van der Waals surface area (Å²) in [5.74, 6) is 0.779. The third-order valence-corrected chi connectivity index (χ3v) is 3.48. The number of aromatic nitrogens is 3. The van der Waals surface area contributed by atoms with Crippen molar-refractivity contribution in [1.29, 1.82) is 0 Å². The van der Waals surface area contributed by atoms with Gasteiger partial charge in [0.05, 0.1) is 6.54 Å². The second-order valence-electron chi connectivity index (χ2n) is 4.59. The van der Waals surface area contributed by atoms with E-state index in [0.717, 1.165) is 11.4 Å². The average Bonchev–Trinajstić information content (AvgIpc) is 3.05. The van der Waals surface area contributed by atoms with Crippen LogP contribution in [0.1, 0.15) is 12.5 Å². The Bertz CT molecular complexity index is 637. The first-order valence-electron chi connectivity index (χ1n) is 6.20. The van der Waals surface area contributed by atoms with E-state index in [-0.39, 0.29) is 11.9 Å². The summed E-state index contributed by atoms with van der Waals surface area (Å²) in [4.78, 5) is 21.8. The molecule has 1 saturated heterocycles. The number of hydrogen-bond acceptors (Lipinski definition) is 4. The Hall–Kier alpha value is -2.28. The maximum Gasteiger partial charge on any atom is 0.251 e. The van der Waals surface area contributed by atoms with Crippen molar-refractivity contribution in [2.75, 3.05) is 0 Å². The maximum atomic E-state index is 11.9. The minimum absolute atomic E-state index is 0.00585. The number of nitrogens with one attached hydrogen (secondary N) is 1. The Morgan fingerprint density at radius 3 is 2.85 bits per heavy atom. The van der Waals surface area contributed by atoms with Crippen molar-refractivity contribution in [3.63, 3.8) is 0 Å². The van der Waals surface area contributed by atoms with Gasteiger partial charge in [0.15, 0.2) is 5.11 Å². The number of pyridine rings is 1. The van der Waals surface area contributed by atoms with E-state index < -0.39 is 0 Å². The van der Waals surface area contributed by atoms with Gasteiger partial charge in [-0.25, -0.2) is 9.97 Å². The molecule has 1 N–H and O–H groups in total. The summed E-state index contributed by atoms with van der Waals surface area (Å²) >= 11 is 5.15. The first-order valence-corrected chi connectivity index (χ1v) is 6.61. The highest BCUT2D eigenvalue weighted by atomic mass is 32.1. The number of carbonyl (C=O) groups is 1. The number of hydrogen-bond donors (Lipinski definition) is 1. The van der Waals surface area contributed by atoms with Crippen LogP contribution in [0.2, 0.25) is 0 Å². The van der Waals surface area contributed by atoms with Crippen LogP contribution < -0.4 is 5.32 Å². The zero-order chi connectivity index (χ0) is 14.1. The summed E-state index contributed by atoms with van der Waals surface area (Å²) in [7, 11) is 0. The quantitative estimate of drug-likeness (QED) is 0.849. The molecule has 2 aromatic heterocycles. The van der Waals surface area contributed by atoms with Gasteiger partial charge >= 0.3 is 0 Å². The SMILES string of the molecule is CC1NC(=S)N(Cc2ccc(-n3ccnc3)nc2)C1=O. The predicted molar refractivity (Wildman–Crippen MR) is 77.1 cm³/mol. The molecule has 1 aliphatic heterocycles. The standard InChI is InChI=1S/C13H13N5OS/c1-9-12(19)18(13(20)16-9)7-10-2-3-11(15-6-10)17-5-4-14-8-17/h2-6,8-9H,7H2,1H3,(H,16,20). The fourth-order valence-electron chi connectivity index (χ4n) is 2.05. The Morgan fingerprint density at radius 1 is 1.45 bits per heavy atom. The van der Waals surface area contributed by atoms with E-state index in [1.54, 1.807) is 30.5 Å². The van der Waals surface area contributed by atoms with Crippen LogP contribution in [0.25, 0.3) is 5.82 Å². The number of amides is 1. The van der Waals surface area contributed by atoms with Crippen molar-refractivity contribution in [2.45, 2.75) is 19.5 Å². The Balaban J connectivity index is 1.76. The molecule has 3 rings (SSSR count). The molecule has 0 saturated carbocycles. The molecule has 7 heteroatoms. The molecule has 3 heterocycles. The molecule has 0 aliphatic carbocycles. The lowest BCUT2D eigenvalue weighted by molar-refractivity contribution is -0.127. The lowest BCUT2D eigenvalue weighted by Gasteiger charge is -2.14. The minimum atomic E-state index is -0.249. The number of rotatable bonds is 3. The highest BCUT2D eigenvalue weighted by molar-refractivity contribution is 7.80. The van der Waals surface area contributed by atoms with Gasteiger partial charge in [-0.1, -0.05) is 6.07 Å². The lowest BCUT2D eigenvalue weighted by Crippen LogP contribution is -2.30. The van der Waals surface area contributed by atoms with Crippen LogP contribution in [0, 0.1) is 0 Å². The number of carbonyl (C=O) groups excluding carboxylic acids is 1. The summed E-state index contributed by atoms with van der Waals surface area (Å²) in [5.41, 5.74) is 0.931. The monoisotopic (exact) mass is 287 g/mol. The topological polar surface area (TPSA) is 63.1 Å². The third kappa shape index (κ3) is 2.27. The van der Waals surface area contributed by atoms with Crippen molar-refractivity contribution in [1.82, 2.24) is 24.8 Å². The van der Waals surface area contributed by atoms with Crippen LogP contribution in [-0.4, -0.2) is 36.5 Å². The molecule has 1 atom stereocenters. The summed E-state index contributed by atoms with van der Waals surface area (Å²) in [6, 6.07) is 3.57. The second kappa shape index (κ2) is 5.01. The molecule has 1 fully saturated rings. The van der Waals surface area contributed by atoms with Gasteiger partial charge in [-0.05, 0) is 30.8 Å². The van der Waals surface area contributed by atoms with Crippen LogP contribution in [-0.2, 0) is 11.3 Å². The van der Waals surface area contributed by atoms with Crippen LogP contribution >= 0.6 is 12.2 Å². The van der Waals surface area contributed by atoms with Gasteiger partial charge in [-0.2, -0.15) is 0 Å². The van der Waals surface area contributed by atoms with Crippen molar-refractivity contribution < 1.29 is 4.79 Å². The second-order valence-corrected chi connectivity index (χ2v) is 4.98.